The summed E-state index contributed by atoms with van der Waals surface area (Å²) in [7, 11) is 0. The molecule has 0 aliphatic carbocycles. The van der Waals surface area contributed by atoms with Crippen LogP contribution < -0.4 is 4.74 Å². The van der Waals surface area contributed by atoms with Gasteiger partial charge in [-0.2, -0.15) is 5.26 Å². The normalized spacial score (nSPS) is 16.3. The molecule has 1 unspecified atom stereocenters. The van der Waals surface area contributed by atoms with E-state index in [9.17, 15) is 0 Å². The minimum atomic E-state index is -0.387. The smallest absolute Gasteiger partial charge is 0.324 e. The van der Waals surface area contributed by atoms with E-state index in [-0.39, 0.29) is 6.29 Å². The number of benzene rings is 2. The average molecular weight is 279 g/mol. The van der Waals surface area contributed by atoms with Gasteiger partial charge in [0.05, 0.1) is 11.6 Å². The SMILES string of the molecule is N#Cc1cccc(OC2=COC(Cc3ccccc3)O2)c1. The lowest BCUT2D eigenvalue weighted by Gasteiger charge is -2.11. The predicted octanol–water partition coefficient (Wildman–Crippen LogP) is 3.35. The van der Waals surface area contributed by atoms with Crippen LogP contribution in [0.15, 0.2) is 66.8 Å². The Kier molecular flexibility index (Phi) is 3.74. The first-order valence-corrected chi connectivity index (χ1v) is 6.58. The summed E-state index contributed by atoms with van der Waals surface area (Å²) in [5.41, 5.74) is 1.66. The molecule has 0 N–H and O–H groups in total. The van der Waals surface area contributed by atoms with Crippen molar-refractivity contribution in [2.24, 2.45) is 0 Å². The van der Waals surface area contributed by atoms with E-state index >= 15 is 0 Å². The van der Waals surface area contributed by atoms with E-state index in [2.05, 4.69) is 6.07 Å². The summed E-state index contributed by atoms with van der Waals surface area (Å²) in [4.78, 5) is 0. The van der Waals surface area contributed by atoms with Crippen LogP contribution in [0.5, 0.6) is 5.75 Å². The molecule has 1 aliphatic rings. The first kappa shape index (κ1) is 13.1. The van der Waals surface area contributed by atoms with Crippen LogP contribution in [0, 0.1) is 11.3 Å². The van der Waals surface area contributed by atoms with Crippen molar-refractivity contribution in [3.05, 3.63) is 77.9 Å². The molecule has 3 rings (SSSR count). The minimum absolute atomic E-state index is 0.297. The average Bonchev–Trinajstić information content (AvgIpc) is 2.95. The molecule has 2 aromatic carbocycles. The molecule has 0 amide bonds. The highest BCUT2D eigenvalue weighted by Gasteiger charge is 2.21. The Morgan fingerprint density at radius 3 is 2.76 bits per heavy atom. The predicted molar refractivity (Wildman–Crippen MR) is 76.0 cm³/mol. The number of ether oxygens (including phenoxy) is 3. The van der Waals surface area contributed by atoms with Crippen molar-refractivity contribution in [2.45, 2.75) is 12.7 Å². The Hall–Kier alpha value is -2.93. The lowest BCUT2D eigenvalue weighted by molar-refractivity contribution is -0.0519. The Balaban J connectivity index is 1.58. The molecule has 104 valence electrons. The minimum Gasteiger partial charge on any atom is -0.455 e. The van der Waals surface area contributed by atoms with Crippen molar-refractivity contribution in [3.8, 4) is 11.8 Å². The third kappa shape index (κ3) is 3.34. The lowest BCUT2D eigenvalue weighted by atomic mass is 10.1. The third-order valence-electron chi connectivity index (χ3n) is 2.99. The van der Waals surface area contributed by atoms with Crippen molar-refractivity contribution in [3.63, 3.8) is 0 Å². The first-order valence-electron chi connectivity index (χ1n) is 6.58. The second kappa shape index (κ2) is 6.02. The van der Waals surface area contributed by atoms with Crippen LogP contribution in [0.4, 0.5) is 0 Å². The molecule has 0 fully saturated rings. The second-order valence-electron chi connectivity index (χ2n) is 4.55. The van der Waals surface area contributed by atoms with Gasteiger partial charge in [-0.3, -0.25) is 0 Å². The number of hydrogen-bond donors (Lipinski definition) is 0. The molecule has 0 saturated carbocycles. The molecule has 1 atom stereocenters. The highest BCUT2D eigenvalue weighted by molar-refractivity contribution is 5.36. The fourth-order valence-corrected chi connectivity index (χ4v) is 2.01. The first-order chi connectivity index (χ1) is 10.3. The zero-order valence-corrected chi connectivity index (χ0v) is 11.2. The van der Waals surface area contributed by atoms with Crippen molar-refractivity contribution < 1.29 is 14.2 Å². The molecule has 0 saturated heterocycles. The van der Waals surface area contributed by atoms with Gasteiger partial charge < -0.3 is 14.2 Å². The van der Waals surface area contributed by atoms with Crippen LogP contribution in [-0.2, 0) is 15.9 Å². The maximum Gasteiger partial charge on any atom is 0.324 e. The quantitative estimate of drug-likeness (QED) is 0.861. The molecular weight excluding hydrogens is 266 g/mol. The van der Waals surface area contributed by atoms with Crippen LogP contribution in [0.3, 0.4) is 0 Å². The van der Waals surface area contributed by atoms with Gasteiger partial charge >= 0.3 is 5.95 Å². The maximum absolute atomic E-state index is 8.85. The van der Waals surface area contributed by atoms with Crippen LogP contribution in [0.25, 0.3) is 0 Å². The van der Waals surface area contributed by atoms with Gasteiger partial charge in [-0.25, -0.2) is 0 Å². The molecule has 4 nitrogen and oxygen atoms in total. The number of hydrogen-bond acceptors (Lipinski definition) is 4. The van der Waals surface area contributed by atoms with E-state index in [0.717, 1.165) is 5.56 Å². The van der Waals surface area contributed by atoms with Gasteiger partial charge in [0.2, 0.25) is 6.29 Å². The highest BCUT2D eigenvalue weighted by atomic mass is 16.8. The summed E-state index contributed by atoms with van der Waals surface area (Å²) in [5, 5.41) is 8.85. The fourth-order valence-electron chi connectivity index (χ4n) is 2.01. The topological polar surface area (TPSA) is 51.5 Å². The van der Waals surface area contributed by atoms with Crippen molar-refractivity contribution in [2.75, 3.05) is 0 Å². The fraction of sp³-hybridized carbons (Fsp3) is 0.118. The molecule has 0 spiro atoms. The lowest BCUT2D eigenvalue weighted by Crippen LogP contribution is -2.13. The summed E-state index contributed by atoms with van der Waals surface area (Å²) in [6.45, 7) is 0. The molecule has 1 aliphatic heterocycles. The van der Waals surface area contributed by atoms with E-state index in [1.165, 1.54) is 6.26 Å². The highest BCUT2D eigenvalue weighted by Crippen LogP contribution is 2.22. The summed E-state index contributed by atoms with van der Waals surface area (Å²) in [6, 6.07) is 18.9. The van der Waals surface area contributed by atoms with E-state index < -0.39 is 0 Å². The molecule has 21 heavy (non-hydrogen) atoms. The van der Waals surface area contributed by atoms with Gasteiger partial charge in [-0.15, -0.1) is 0 Å². The summed E-state index contributed by atoms with van der Waals surface area (Å²) in [6.07, 6.45) is 1.70. The van der Waals surface area contributed by atoms with E-state index in [0.29, 0.717) is 23.7 Å². The Bertz CT molecular complexity index is 689. The molecule has 1 heterocycles. The van der Waals surface area contributed by atoms with Crippen LogP contribution in [0.1, 0.15) is 11.1 Å². The molecule has 0 aromatic heterocycles. The standard InChI is InChI=1S/C17H13NO3/c18-11-14-7-4-8-15(9-14)20-17-12-19-16(21-17)10-13-5-2-1-3-6-13/h1-9,12,16H,10H2. The van der Waals surface area contributed by atoms with Crippen LogP contribution in [-0.4, -0.2) is 6.29 Å². The van der Waals surface area contributed by atoms with Gasteiger partial charge in [0.1, 0.15) is 5.75 Å². The van der Waals surface area contributed by atoms with E-state index in [4.69, 9.17) is 19.5 Å². The molecule has 4 heteroatoms. The summed E-state index contributed by atoms with van der Waals surface area (Å²) < 4.78 is 16.5. The van der Waals surface area contributed by atoms with Gasteiger partial charge in [-0.1, -0.05) is 36.4 Å². The largest absolute Gasteiger partial charge is 0.455 e. The van der Waals surface area contributed by atoms with Gasteiger partial charge in [0.15, 0.2) is 6.26 Å². The number of nitriles is 1. The number of rotatable bonds is 4. The molecule has 0 radical (unpaired) electrons. The van der Waals surface area contributed by atoms with Crippen LogP contribution in [0.2, 0.25) is 0 Å². The van der Waals surface area contributed by atoms with Crippen molar-refractivity contribution in [1.82, 2.24) is 0 Å². The maximum atomic E-state index is 8.85. The summed E-state index contributed by atoms with van der Waals surface area (Å²) >= 11 is 0. The molecular formula is C17H13NO3. The van der Waals surface area contributed by atoms with E-state index in [1.807, 2.05) is 30.3 Å². The van der Waals surface area contributed by atoms with Crippen molar-refractivity contribution >= 4 is 0 Å². The Morgan fingerprint density at radius 1 is 1.10 bits per heavy atom. The second-order valence-corrected chi connectivity index (χ2v) is 4.55. The number of nitrogens with zero attached hydrogens (tertiary/aromatic N) is 1. The molecule has 0 bridgehead atoms. The van der Waals surface area contributed by atoms with Gasteiger partial charge in [-0.05, 0) is 23.8 Å². The zero-order valence-electron chi connectivity index (χ0n) is 11.2. The van der Waals surface area contributed by atoms with Crippen molar-refractivity contribution in [1.29, 1.82) is 5.26 Å². The van der Waals surface area contributed by atoms with Crippen LogP contribution >= 0.6 is 0 Å². The molecule has 2 aromatic rings. The Morgan fingerprint density at radius 2 is 1.95 bits per heavy atom. The monoisotopic (exact) mass is 279 g/mol. The van der Waals surface area contributed by atoms with Gasteiger partial charge in [0.25, 0.3) is 0 Å². The third-order valence-corrected chi connectivity index (χ3v) is 2.99. The van der Waals surface area contributed by atoms with Gasteiger partial charge in [0, 0.05) is 6.42 Å². The Labute approximate surface area is 122 Å². The van der Waals surface area contributed by atoms with E-state index in [1.54, 1.807) is 24.3 Å². The summed E-state index contributed by atoms with van der Waals surface area (Å²) in [5.74, 6) is 0.843. The zero-order chi connectivity index (χ0) is 14.5.